The number of rotatable bonds is 8. The number of hydrogen-bond donors (Lipinski definition) is 1. The molecule has 0 radical (unpaired) electrons. The van der Waals surface area contributed by atoms with E-state index in [0.29, 0.717) is 6.04 Å². The lowest BCUT2D eigenvalue weighted by Crippen LogP contribution is -2.43. The zero-order valence-electron chi connectivity index (χ0n) is 10.1. The Morgan fingerprint density at radius 1 is 1.29 bits per heavy atom. The van der Waals surface area contributed by atoms with Crippen molar-refractivity contribution in [2.24, 2.45) is 5.73 Å². The van der Waals surface area contributed by atoms with E-state index in [1.807, 2.05) is 0 Å². The first-order valence-corrected chi connectivity index (χ1v) is 5.64. The molecule has 1 atom stereocenters. The minimum Gasteiger partial charge on any atom is -0.383 e. The summed E-state index contributed by atoms with van der Waals surface area (Å²) in [6.45, 7) is 9.27. The van der Waals surface area contributed by atoms with Gasteiger partial charge in [0.2, 0.25) is 0 Å². The molecule has 0 saturated carbocycles. The van der Waals surface area contributed by atoms with Gasteiger partial charge in [0.1, 0.15) is 0 Å². The summed E-state index contributed by atoms with van der Waals surface area (Å²) in [5, 5.41) is 0. The van der Waals surface area contributed by atoms with Crippen LogP contribution in [0.25, 0.3) is 0 Å². The summed E-state index contributed by atoms with van der Waals surface area (Å²) in [7, 11) is 1.75. The van der Waals surface area contributed by atoms with Crippen molar-refractivity contribution in [2.45, 2.75) is 45.7 Å². The van der Waals surface area contributed by atoms with E-state index in [9.17, 15) is 0 Å². The highest BCUT2D eigenvalue weighted by atomic mass is 16.5. The average Bonchev–Trinajstić information content (AvgIpc) is 2.15. The van der Waals surface area contributed by atoms with Gasteiger partial charge in [-0.2, -0.15) is 0 Å². The topological polar surface area (TPSA) is 38.5 Å². The molecule has 0 aromatic heterocycles. The molecule has 0 aliphatic rings. The molecular weight excluding hydrogens is 176 g/mol. The number of methoxy groups -OCH3 is 1. The van der Waals surface area contributed by atoms with Crippen molar-refractivity contribution >= 4 is 0 Å². The number of hydrogen-bond acceptors (Lipinski definition) is 3. The van der Waals surface area contributed by atoms with E-state index in [1.54, 1.807) is 7.11 Å². The molecule has 0 heterocycles. The maximum absolute atomic E-state index is 5.83. The maximum Gasteiger partial charge on any atom is 0.0589 e. The minimum atomic E-state index is 0.243. The molecule has 3 heteroatoms. The summed E-state index contributed by atoms with van der Waals surface area (Å²) in [5.74, 6) is 0. The van der Waals surface area contributed by atoms with Gasteiger partial charge in [-0.1, -0.05) is 13.8 Å². The monoisotopic (exact) mass is 202 g/mol. The Bertz CT molecular complexity index is 124. The van der Waals surface area contributed by atoms with Crippen molar-refractivity contribution in [1.82, 2.24) is 4.90 Å². The van der Waals surface area contributed by atoms with Crippen LogP contribution in [0.2, 0.25) is 0 Å². The third kappa shape index (κ3) is 5.58. The number of nitrogens with two attached hydrogens (primary N) is 1. The second-order valence-corrected chi connectivity index (χ2v) is 3.94. The van der Waals surface area contributed by atoms with Gasteiger partial charge in [-0.3, -0.25) is 4.90 Å². The van der Waals surface area contributed by atoms with Crippen molar-refractivity contribution in [1.29, 1.82) is 0 Å². The number of nitrogens with zero attached hydrogens (tertiary/aromatic N) is 1. The second kappa shape index (κ2) is 8.21. The van der Waals surface area contributed by atoms with Gasteiger partial charge in [-0.25, -0.2) is 0 Å². The molecule has 86 valence electrons. The van der Waals surface area contributed by atoms with Gasteiger partial charge < -0.3 is 10.5 Å². The van der Waals surface area contributed by atoms with Crippen molar-refractivity contribution in [3.63, 3.8) is 0 Å². The zero-order chi connectivity index (χ0) is 11.0. The molecule has 0 aliphatic heterocycles. The molecular formula is C11H26N2O. The molecule has 2 N–H and O–H groups in total. The van der Waals surface area contributed by atoms with Crippen LogP contribution in [0.5, 0.6) is 0 Å². The van der Waals surface area contributed by atoms with E-state index in [0.717, 1.165) is 19.7 Å². The van der Waals surface area contributed by atoms with E-state index < -0.39 is 0 Å². The van der Waals surface area contributed by atoms with Crippen LogP contribution in [0.15, 0.2) is 0 Å². The van der Waals surface area contributed by atoms with Crippen LogP contribution in [0.3, 0.4) is 0 Å². The quantitative estimate of drug-likeness (QED) is 0.648. The Labute approximate surface area is 88.6 Å². The molecule has 0 unspecified atom stereocenters. The van der Waals surface area contributed by atoms with E-state index in [-0.39, 0.29) is 6.04 Å². The molecule has 3 nitrogen and oxygen atoms in total. The average molecular weight is 202 g/mol. The second-order valence-electron chi connectivity index (χ2n) is 3.94. The predicted octanol–water partition coefficient (Wildman–Crippen LogP) is 1.47. The van der Waals surface area contributed by atoms with Gasteiger partial charge in [0, 0.05) is 32.3 Å². The van der Waals surface area contributed by atoms with Gasteiger partial charge in [-0.05, 0) is 19.8 Å². The summed E-state index contributed by atoms with van der Waals surface area (Å²) in [4.78, 5) is 2.44. The Kier molecular flexibility index (Phi) is 8.14. The highest BCUT2D eigenvalue weighted by Gasteiger charge is 2.15. The Morgan fingerprint density at radius 3 is 2.21 bits per heavy atom. The summed E-state index contributed by atoms with van der Waals surface area (Å²) in [6.07, 6.45) is 2.37. The predicted molar refractivity (Wildman–Crippen MR) is 61.5 cm³/mol. The molecule has 14 heavy (non-hydrogen) atoms. The first-order chi connectivity index (χ1) is 6.65. The van der Waals surface area contributed by atoms with Crippen LogP contribution in [-0.4, -0.2) is 43.8 Å². The van der Waals surface area contributed by atoms with Crippen LogP contribution in [-0.2, 0) is 4.74 Å². The molecule has 0 bridgehead atoms. The van der Waals surface area contributed by atoms with Crippen LogP contribution in [0.1, 0.15) is 33.6 Å². The third-order valence-corrected chi connectivity index (χ3v) is 2.56. The molecule has 0 fully saturated rings. The van der Waals surface area contributed by atoms with Crippen LogP contribution in [0, 0.1) is 0 Å². The van der Waals surface area contributed by atoms with Gasteiger partial charge in [0.25, 0.3) is 0 Å². The summed E-state index contributed by atoms with van der Waals surface area (Å²) >= 11 is 0. The highest BCUT2D eigenvalue weighted by molar-refractivity contribution is 4.72. The minimum absolute atomic E-state index is 0.243. The van der Waals surface area contributed by atoms with E-state index in [1.165, 1.54) is 12.8 Å². The van der Waals surface area contributed by atoms with Gasteiger partial charge in [-0.15, -0.1) is 0 Å². The van der Waals surface area contributed by atoms with Crippen LogP contribution < -0.4 is 5.73 Å². The number of ether oxygens (including phenoxy) is 1. The Balaban J connectivity index is 4.06. The van der Waals surface area contributed by atoms with E-state index in [2.05, 4.69) is 25.7 Å². The standard InChI is InChI=1S/C11H26N2O/c1-5-11(6-2)13(7-8-14-4)9-10(3)12/h10-11H,5-9,12H2,1-4H3/t10-/m0/s1. The third-order valence-electron chi connectivity index (χ3n) is 2.56. The van der Waals surface area contributed by atoms with E-state index >= 15 is 0 Å². The first-order valence-electron chi connectivity index (χ1n) is 5.64. The normalized spacial score (nSPS) is 13.9. The lowest BCUT2D eigenvalue weighted by molar-refractivity contribution is 0.111. The van der Waals surface area contributed by atoms with Crippen LogP contribution in [0.4, 0.5) is 0 Å². The zero-order valence-corrected chi connectivity index (χ0v) is 10.1. The molecule has 0 amide bonds. The smallest absolute Gasteiger partial charge is 0.0589 e. The van der Waals surface area contributed by atoms with Crippen molar-refractivity contribution in [2.75, 3.05) is 26.8 Å². The fraction of sp³-hybridized carbons (Fsp3) is 1.00. The van der Waals surface area contributed by atoms with Crippen molar-refractivity contribution < 1.29 is 4.74 Å². The van der Waals surface area contributed by atoms with Gasteiger partial charge >= 0.3 is 0 Å². The molecule has 0 spiro atoms. The first kappa shape index (κ1) is 13.9. The Hall–Kier alpha value is -0.120. The molecule has 0 rings (SSSR count). The maximum atomic E-state index is 5.83. The Morgan fingerprint density at radius 2 is 1.86 bits per heavy atom. The lowest BCUT2D eigenvalue weighted by atomic mass is 10.1. The van der Waals surface area contributed by atoms with Gasteiger partial charge in [0.15, 0.2) is 0 Å². The van der Waals surface area contributed by atoms with E-state index in [4.69, 9.17) is 10.5 Å². The van der Waals surface area contributed by atoms with Crippen molar-refractivity contribution in [3.8, 4) is 0 Å². The molecule has 0 aromatic carbocycles. The summed E-state index contributed by atoms with van der Waals surface area (Å²) in [5.41, 5.74) is 5.83. The van der Waals surface area contributed by atoms with Crippen LogP contribution >= 0.6 is 0 Å². The highest BCUT2D eigenvalue weighted by Crippen LogP contribution is 2.08. The van der Waals surface area contributed by atoms with Gasteiger partial charge in [0.05, 0.1) is 6.61 Å². The fourth-order valence-electron chi connectivity index (χ4n) is 1.81. The fourth-order valence-corrected chi connectivity index (χ4v) is 1.81. The molecule has 0 aromatic rings. The summed E-state index contributed by atoms with van der Waals surface area (Å²) in [6, 6.07) is 0.892. The molecule has 0 saturated heterocycles. The largest absolute Gasteiger partial charge is 0.383 e. The summed E-state index contributed by atoms with van der Waals surface area (Å²) < 4.78 is 5.11. The SMILES string of the molecule is CCC(CC)N(CCOC)C[C@H](C)N. The molecule has 0 aliphatic carbocycles. The lowest BCUT2D eigenvalue weighted by Gasteiger charge is -2.31. The van der Waals surface area contributed by atoms with Crippen molar-refractivity contribution in [3.05, 3.63) is 0 Å².